The van der Waals surface area contributed by atoms with E-state index >= 15 is 0 Å². The van der Waals surface area contributed by atoms with Gasteiger partial charge in [0, 0.05) is 11.3 Å². The molecule has 12 heteroatoms. The SMILES string of the molecule is O=C(Oc1c(CO)[nH]c2ccc3cc4ccccc4cc3c12)C1OC(O)(CO)C(O)C1OCC(C(O)O)C1(c2ccc(O)cc2)CCCCC1. The first-order valence-corrected chi connectivity index (χ1v) is 16.8. The predicted molar refractivity (Wildman–Crippen MR) is 182 cm³/mol. The van der Waals surface area contributed by atoms with Crippen molar-refractivity contribution in [1.29, 1.82) is 0 Å². The highest BCUT2D eigenvalue weighted by Crippen LogP contribution is 2.47. The van der Waals surface area contributed by atoms with Crippen LogP contribution in [-0.2, 0) is 26.3 Å². The highest BCUT2D eigenvalue weighted by atomic mass is 16.7. The molecule has 7 rings (SSSR count). The molecule has 5 aromatic rings. The molecule has 0 amide bonds. The molecule has 0 spiro atoms. The number of phenols is 1. The molecule has 5 atom stereocenters. The number of esters is 1. The van der Waals surface area contributed by atoms with E-state index in [2.05, 4.69) is 4.98 Å². The van der Waals surface area contributed by atoms with Crippen molar-refractivity contribution in [3.8, 4) is 11.5 Å². The summed E-state index contributed by atoms with van der Waals surface area (Å²) in [7, 11) is 0. The molecule has 1 aliphatic carbocycles. The van der Waals surface area contributed by atoms with E-state index in [-0.39, 0.29) is 23.8 Å². The van der Waals surface area contributed by atoms with Gasteiger partial charge in [0.25, 0.3) is 0 Å². The molecule has 4 aromatic carbocycles. The number of aromatic nitrogens is 1. The maximum absolute atomic E-state index is 14.0. The second kappa shape index (κ2) is 13.5. The summed E-state index contributed by atoms with van der Waals surface area (Å²) in [6.45, 7) is -1.95. The molecule has 0 radical (unpaired) electrons. The van der Waals surface area contributed by atoms with Gasteiger partial charge in [0.05, 0.1) is 36.4 Å². The Hall–Kier alpha value is -4.11. The molecule has 0 bridgehead atoms. The van der Waals surface area contributed by atoms with Gasteiger partial charge in [-0.2, -0.15) is 0 Å². The number of hydrogen-bond acceptors (Lipinski definition) is 11. The summed E-state index contributed by atoms with van der Waals surface area (Å²) < 4.78 is 17.6. The number of carbonyl (C=O) groups excluding carboxylic acids is 1. The van der Waals surface area contributed by atoms with Crippen LogP contribution in [0.4, 0.5) is 0 Å². The zero-order valence-electron chi connectivity index (χ0n) is 27.2. The zero-order valence-corrected chi connectivity index (χ0v) is 27.2. The first-order chi connectivity index (χ1) is 24.1. The topological polar surface area (TPSA) is 202 Å². The quantitative estimate of drug-likeness (QED) is 0.0609. The van der Waals surface area contributed by atoms with Crippen molar-refractivity contribution in [3.63, 3.8) is 0 Å². The summed E-state index contributed by atoms with van der Waals surface area (Å²) in [5, 5.41) is 77.9. The van der Waals surface area contributed by atoms with Crippen LogP contribution in [0.5, 0.6) is 11.5 Å². The fraction of sp³-hybridized carbons (Fsp3) is 0.395. The Morgan fingerprint density at radius 2 is 1.64 bits per heavy atom. The number of nitrogens with one attached hydrogen (secondary N) is 1. The molecule has 50 heavy (non-hydrogen) atoms. The standard InChI is InChI=1S/C38H41NO11/c40-18-29-31(30-26-17-22-7-3-2-6-21(22)16-23(26)8-13-28(30)39-29)49-36(46)33-32(34(43)38(47,20-41)50-33)48-19-27(35(44)45)37(14-4-1-5-15-37)24-9-11-25(42)12-10-24/h2-3,6-13,16-17,27,32-35,39-45,47H,1,4-5,14-15,18-20H2. The number of H-pyrrole nitrogens is 1. The van der Waals surface area contributed by atoms with Gasteiger partial charge < -0.3 is 54.9 Å². The van der Waals surface area contributed by atoms with Crippen molar-refractivity contribution in [2.45, 2.75) is 74.5 Å². The number of aromatic amines is 1. The van der Waals surface area contributed by atoms with Crippen molar-refractivity contribution in [2.75, 3.05) is 13.2 Å². The molecule has 2 aliphatic rings. The van der Waals surface area contributed by atoms with E-state index in [4.69, 9.17) is 14.2 Å². The Balaban J connectivity index is 1.22. The fourth-order valence-electron chi connectivity index (χ4n) is 7.98. The molecule has 12 nitrogen and oxygen atoms in total. The molecule has 264 valence electrons. The number of ether oxygens (including phenoxy) is 3. The molecule has 1 aromatic heterocycles. The Bertz CT molecular complexity index is 2000. The van der Waals surface area contributed by atoms with E-state index in [9.17, 15) is 40.5 Å². The normalized spacial score (nSPS) is 24.3. The lowest BCUT2D eigenvalue weighted by atomic mass is 9.62. The summed E-state index contributed by atoms with van der Waals surface area (Å²) >= 11 is 0. The molecule has 8 N–H and O–H groups in total. The van der Waals surface area contributed by atoms with Crippen LogP contribution < -0.4 is 4.74 Å². The third-order valence-corrected chi connectivity index (χ3v) is 10.6. The lowest BCUT2D eigenvalue weighted by Crippen LogP contribution is -2.50. The zero-order chi connectivity index (χ0) is 35.2. The molecular weight excluding hydrogens is 646 g/mol. The summed E-state index contributed by atoms with van der Waals surface area (Å²) in [6.07, 6.45) is -3.40. The third-order valence-electron chi connectivity index (χ3n) is 10.6. The Morgan fingerprint density at radius 1 is 0.940 bits per heavy atom. The van der Waals surface area contributed by atoms with E-state index in [0.29, 0.717) is 23.7 Å². The van der Waals surface area contributed by atoms with Crippen LogP contribution in [0.2, 0.25) is 0 Å². The lowest BCUT2D eigenvalue weighted by Gasteiger charge is -2.45. The maximum atomic E-state index is 14.0. The average Bonchev–Trinajstić information content (AvgIpc) is 3.61. The van der Waals surface area contributed by atoms with Crippen LogP contribution >= 0.6 is 0 Å². The summed E-state index contributed by atoms with van der Waals surface area (Å²) in [6, 6.07) is 22.0. The number of aromatic hydroxyl groups is 1. The lowest BCUT2D eigenvalue weighted by molar-refractivity contribution is -0.246. The molecule has 5 unspecified atom stereocenters. The van der Waals surface area contributed by atoms with Gasteiger partial charge >= 0.3 is 5.97 Å². The van der Waals surface area contributed by atoms with Crippen molar-refractivity contribution in [3.05, 3.63) is 84.1 Å². The number of aliphatic hydroxyl groups is 6. The first kappa shape index (κ1) is 34.3. The molecule has 1 aliphatic heterocycles. The minimum atomic E-state index is -2.59. The molecular formula is C38H41NO11. The van der Waals surface area contributed by atoms with Crippen molar-refractivity contribution in [1.82, 2.24) is 4.98 Å². The van der Waals surface area contributed by atoms with Crippen LogP contribution in [0.1, 0.15) is 43.4 Å². The van der Waals surface area contributed by atoms with Crippen LogP contribution in [0.3, 0.4) is 0 Å². The number of fused-ring (bicyclic) bond motifs is 4. The van der Waals surface area contributed by atoms with Crippen molar-refractivity contribution < 1.29 is 54.8 Å². The molecule has 1 saturated heterocycles. The second-order valence-electron chi connectivity index (χ2n) is 13.5. The Morgan fingerprint density at radius 3 is 2.30 bits per heavy atom. The smallest absolute Gasteiger partial charge is 0.343 e. The van der Waals surface area contributed by atoms with Gasteiger partial charge in [0.2, 0.25) is 5.79 Å². The van der Waals surface area contributed by atoms with Crippen LogP contribution in [0.15, 0.2) is 72.8 Å². The number of aliphatic hydroxyl groups excluding tert-OH is 4. The van der Waals surface area contributed by atoms with Gasteiger partial charge in [-0.15, -0.1) is 0 Å². The highest BCUT2D eigenvalue weighted by Gasteiger charge is 2.58. The first-order valence-electron chi connectivity index (χ1n) is 16.8. The van der Waals surface area contributed by atoms with Gasteiger partial charge in [-0.25, -0.2) is 4.79 Å². The minimum Gasteiger partial charge on any atom is -0.508 e. The van der Waals surface area contributed by atoms with Crippen LogP contribution in [0.25, 0.3) is 32.4 Å². The molecule has 1 saturated carbocycles. The van der Waals surface area contributed by atoms with E-state index in [1.807, 2.05) is 48.5 Å². The molecule has 2 heterocycles. The molecule has 2 fully saturated rings. The van der Waals surface area contributed by atoms with Crippen molar-refractivity contribution in [2.24, 2.45) is 5.92 Å². The number of rotatable bonds is 10. The second-order valence-corrected chi connectivity index (χ2v) is 13.5. The van der Waals surface area contributed by atoms with Gasteiger partial charge in [0.15, 0.2) is 18.1 Å². The average molecular weight is 688 g/mol. The maximum Gasteiger partial charge on any atom is 0.343 e. The van der Waals surface area contributed by atoms with E-state index in [1.54, 1.807) is 12.1 Å². The van der Waals surface area contributed by atoms with E-state index < -0.39 is 60.9 Å². The van der Waals surface area contributed by atoms with Crippen LogP contribution in [0, 0.1) is 5.92 Å². The highest BCUT2D eigenvalue weighted by molar-refractivity contribution is 6.14. The summed E-state index contributed by atoms with van der Waals surface area (Å²) in [4.78, 5) is 17.1. The van der Waals surface area contributed by atoms with Gasteiger partial charge in [-0.05, 0) is 70.3 Å². The number of phenolic OH excluding ortho intramolecular Hbond substituents is 1. The third kappa shape index (κ3) is 5.91. The monoisotopic (exact) mass is 687 g/mol. The Labute approximate surface area is 287 Å². The summed E-state index contributed by atoms with van der Waals surface area (Å²) in [5.41, 5.74) is 0.801. The van der Waals surface area contributed by atoms with Crippen molar-refractivity contribution >= 4 is 38.4 Å². The Kier molecular flexibility index (Phi) is 9.31. The van der Waals surface area contributed by atoms with E-state index in [1.165, 1.54) is 12.1 Å². The number of benzene rings is 4. The minimum absolute atomic E-state index is 0.0294. The summed E-state index contributed by atoms with van der Waals surface area (Å²) in [5.74, 6) is -4.52. The van der Waals surface area contributed by atoms with Gasteiger partial charge in [0.1, 0.15) is 18.0 Å². The number of hydrogen-bond donors (Lipinski definition) is 8. The number of carbonyl (C=O) groups is 1. The van der Waals surface area contributed by atoms with Gasteiger partial charge in [-0.1, -0.05) is 61.7 Å². The van der Waals surface area contributed by atoms with Gasteiger partial charge in [-0.3, -0.25) is 0 Å². The van der Waals surface area contributed by atoms with E-state index in [0.717, 1.165) is 46.4 Å². The predicted octanol–water partition coefficient (Wildman–Crippen LogP) is 3.23. The van der Waals surface area contributed by atoms with Crippen LogP contribution in [-0.4, -0.2) is 90.3 Å². The largest absolute Gasteiger partial charge is 0.508 e. The fourth-order valence-corrected chi connectivity index (χ4v) is 7.98.